The first-order chi connectivity index (χ1) is 12.5. The van der Waals surface area contributed by atoms with Crippen LogP contribution in [0.15, 0.2) is 42.3 Å². The Morgan fingerprint density at radius 1 is 1.27 bits per heavy atom. The van der Waals surface area contributed by atoms with Crippen molar-refractivity contribution >= 4 is 28.0 Å². The summed E-state index contributed by atoms with van der Waals surface area (Å²) in [5.41, 5.74) is 3.71. The predicted octanol–water partition coefficient (Wildman–Crippen LogP) is 3.86. The van der Waals surface area contributed by atoms with Crippen molar-refractivity contribution in [3.63, 3.8) is 0 Å². The van der Waals surface area contributed by atoms with E-state index in [-0.39, 0.29) is 5.91 Å². The smallest absolute Gasteiger partial charge is 0.261 e. The number of thiazole rings is 1. The zero-order valence-corrected chi connectivity index (χ0v) is 14.8. The molecule has 4 heterocycles. The molecule has 1 N–H and O–H groups in total. The van der Waals surface area contributed by atoms with Crippen molar-refractivity contribution in [2.45, 2.75) is 13.8 Å². The summed E-state index contributed by atoms with van der Waals surface area (Å²) in [5, 5.41) is 5.17. The number of aromatic nitrogens is 4. The largest absolute Gasteiger partial charge is 0.306 e. The molecule has 4 aromatic heterocycles. The lowest BCUT2D eigenvalue weighted by Gasteiger charge is -2.10. The fourth-order valence-electron chi connectivity index (χ4n) is 2.72. The Hall–Kier alpha value is -3.13. The average Bonchev–Trinajstić information content (AvgIpc) is 3.24. The number of aryl methyl sites for hydroxylation is 2. The number of halogens is 1. The van der Waals surface area contributed by atoms with E-state index in [0.29, 0.717) is 33.2 Å². The Balaban J connectivity index is 1.82. The lowest BCUT2D eigenvalue weighted by molar-refractivity contribution is 0.102. The topological polar surface area (TPSA) is 72.2 Å². The molecule has 26 heavy (non-hydrogen) atoms. The van der Waals surface area contributed by atoms with E-state index in [4.69, 9.17) is 0 Å². The van der Waals surface area contributed by atoms with Crippen LogP contribution in [0.3, 0.4) is 0 Å². The van der Waals surface area contributed by atoms with Crippen LogP contribution in [0.1, 0.15) is 21.7 Å². The highest BCUT2D eigenvalue weighted by Gasteiger charge is 2.17. The molecule has 6 nitrogen and oxygen atoms in total. The number of pyridine rings is 2. The van der Waals surface area contributed by atoms with Gasteiger partial charge in [0.2, 0.25) is 0 Å². The molecule has 0 bridgehead atoms. The van der Waals surface area contributed by atoms with Gasteiger partial charge in [-0.25, -0.2) is 14.4 Å². The molecular weight excluding hydrogens is 353 g/mol. The number of nitrogens with one attached hydrogen (secondary N) is 1. The number of hydrogen-bond donors (Lipinski definition) is 1. The van der Waals surface area contributed by atoms with Crippen LogP contribution in [0.4, 0.5) is 9.52 Å². The van der Waals surface area contributed by atoms with Crippen molar-refractivity contribution in [2.24, 2.45) is 0 Å². The second kappa shape index (κ2) is 6.30. The minimum atomic E-state index is -0.430. The normalized spacial score (nSPS) is 11.0. The third kappa shape index (κ3) is 2.95. The van der Waals surface area contributed by atoms with Gasteiger partial charge in [-0.15, -0.1) is 11.3 Å². The van der Waals surface area contributed by atoms with Gasteiger partial charge in [0.15, 0.2) is 5.13 Å². The Morgan fingerprint density at radius 2 is 2.12 bits per heavy atom. The van der Waals surface area contributed by atoms with Gasteiger partial charge in [-0.3, -0.25) is 15.1 Å². The van der Waals surface area contributed by atoms with Crippen molar-refractivity contribution in [1.82, 2.24) is 19.4 Å². The molecule has 0 aliphatic rings. The van der Waals surface area contributed by atoms with Gasteiger partial charge in [0.1, 0.15) is 11.5 Å². The first kappa shape index (κ1) is 16.3. The van der Waals surface area contributed by atoms with Crippen LogP contribution in [0.2, 0.25) is 0 Å². The maximum atomic E-state index is 13.7. The maximum Gasteiger partial charge on any atom is 0.261 e. The number of carbonyl (C=O) groups is 1. The highest BCUT2D eigenvalue weighted by Crippen LogP contribution is 2.26. The minimum Gasteiger partial charge on any atom is -0.306 e. The molecule has 0 aliphatic carbocycles. The molecule has 0 aromatic carbocycles. The maximum absolute atomic E-state index is 13.7. The van der Waals surface area contributed by atoms with E-state index in [1.54, 1.807) is 36.0 Å². The summed E-state index contributed by atoms with van der Waals surface area (Å²) < 4.78 is 15.4. The quantitative estimate of drug-likeness (QED) is 0.597. The van der Waals surface area contributed by atoms with Crippen LogP contribution in [0, 0.1) is 19.7 Å². The van der Waals surface area contributed by atoms with Crippen LogP contribution in [0.5, 0.6) is 0 Å². The van der Waals surface area contributed by atoms with Gasteiger partial charge < -0.3 is 4.40 Å². The van der Waals surface area contributed by atoms with Gasteiger partial charge in [-0.1, -0.05) is 0 Å². The molecule has 130 valence electrons. The van der Waals surface area contributed by atoms with Gasteiger partial charge >= 0.3 is 0 Å². The van der Waals surface area contributed by atoms with Crippen LogP contribution in [-0.4, -0.2) is 25.3 Å². The van der Waals surface area contributed by atoms with E-state index < -0.39 is 5.82 Å². The summed E-state index contributed by atoms with van der Waals surface area (Å²) in [6.45, 7) is 3.66. The summed E-state index contributed by atoms with van der Waals surface area (Å²) in [5.74, 6) is -0.750. The van der Waals surface area contributed by atoms with Gasteiger partial charge in [0, 0.05) is 40.8 Å². The van der Waals surface area contributed by atoms with Crippen LogP contribution < -0.4 is 5.32 Å². The van der Waals surface area contributed by atoms with Crippen LogP contribution in [-0.2, 0) is 0 Å². The molecule has 0 aliphatic heterocycles. The SMILES string of the molecule is Cc1csc(NC(=O)c2cc(-c3cc(F)cnc3C)cn3ccnc23)n1. The summed E-state index contributed by atoms with van der Waals surface area (Å²) in [6, 6.07) is 3.11. The zero-order valence-electron chi connectivity index (χ0n) is 14.0. The van der Waals surface area contributed by atoms with Gasteiger partial charge in [-0.2, -0.15) is 0 Å². The van der Waals surface area contributed by atoms with Crippen molar-refractivity contribution in [1.29, 1.82) is 0 Å². The van der Waals surface area contributed by atoms with Gasteiger partial charge in [-0.05, 0) is 26.0 Å². The number of amides is 1. The van der Waals surface area contributed by atoms with Crippen LogP contribution in [0.25, 0.3) is 16.8 Å². The van der Waals surface area contributed by atoms with E-state index >= 15 is 0 Å². The molecule has 0 fully saturated rings. The summed E-state index contributed by atoms with van der Waals surface area (Å²) in [6.07, 6.45) is 6.33. The fraction of sp³-hybridized carbons (Fsp3) is 0.111. The second-order valence-corrected chi connectivity index (χ2v) is 6.69. The standard InChI is InChI=1S/C18H14FN5OS/c1-10-9-26-18(22-10)23-17(25)15-5-12(8-24-4-3-20-16(15)24)14-6-13(19)7-21-11(14)2/h3-9H,1-2H3,(H,22,23,25). The number of rotatable bonds is 3. The minimum absolute atomic E-state index is 0.320. The molecule has 0 unspecified atom stereocenters. The molecule has 8 heteroatoms. The monoisotopic (exact) mass is 367 g/mol. The lowest BCUT2D eigenvalue weighted by atomic mass is 10.0. The Morgan fingerprint density at radius 3 is 2.88 bits per heavy atom. The van der Waals surface area contributed by atoms with Crippen molar-refractivity contribution in [3.05, 3.63) is 65.1 Å². The van der Waals surface area contributed by atoms with Gasteiger partial charge in [0.25, 0.3) is 5.91 Å². The molecule has 0 spiro atoms. The van der Waals surface area contributed by atoms with E-state index in [1.165, 1.54) is 23.6 Å². The molecule has 1 amide bonds. The van der Waals surface area contributed by atoms with Crippen molar-refractivity contribution in [2.75, 3.05) is 5.32 Å². The number of imidazole rings is 1. The number of carbonyl (C=O) groups excluding carboxylic acids is 1. The molecular formula is C18H14FN5OS. The Bertz CT molecular complexity index is 1130. The summed E-state index contributed by atoms with van der Waals surface area (Å²) in [7, 11) is 0. The summed E-state index contributed by atoms with van der Waals surface area (Å²) >= 11 is 1.36. The van der Waals surface area contributed by atoms with Crippen molar-refractivity contribution in [3.8, 4) is 11.1 Å². The highest BCUT2D eigenvalue weighted by molar-refractivity contribution is 7.13. The Labute approximate surface area is 152 Å². The lowest BCUT2D eigenvalue weighted by Crippen LogP contribution is -2.13. The van der Waals surface area contributed by atoms with E-state index in [9.17, 15) is 9.18 Å². The van der Waals surface area contributed by atoms with E-state index in [0.717, 1.165) is 5.69 Å². The van der Waals surface area contributed by atoms with E-state index in [1.807, 2.05) is 12.3 Å². The molecule has 4 aromatic rings. The third-order valence-corrected chi connectivity index (χ3v) is 4.81. The average molecular weight is 367 g/mol. The van der Waals surface area contributed by atoms with E-state index in [2.05, 4.69) is 20.3 Å². The second-order valence-electron chi connectivity index (χ2n) is 5.84. The number of hydrogen-bond acceptors (Lipinski definition) is 5. The summed E-state index contributed by atoms with van der Waals surface area (Å²) in [4.78, 5) is 25.3. The zero-order chi connectivity index (χ0) is 18.3. The first-order valence-electron chi connectivity index (χ1n) is 7.84. The fourth-order valence-corrected chi connectivity index (χ4v) is 3.41. The molecule has 0 saturated carbocycles. The number of anilines is 1. The predicted molar refractivity (Wildman–Crippen MR) is 97.9 cm³/mol. The van der Waals surface area contributed by atoms with Crippen LogP contribution >= 0.6 is 11.3 Å². The molecule has 0 saturated heterocycles. The molecule has 0 atom stereocenters. The number of nitrogens with zero attached hydrogens (tertiary/aromatic N) is 4. The molecule has 4 rings (SSSR count). The number of fused-ring (bicyclic) bond motifs is 1. The van der Waals surface area contributed by atoms with Gasteiger partial charge in [0.05, 0.1) is 17.5 Å². The Kier molecular flexibility index (Phi) is 3.96. The first-order valence-corrected chi connectivity index (χ1v) is 8.72. The third-order valence-electron chi connectivity index (χ3n) is 3.94. The highest BCUT2D eigenvalue weighted by atomic mass is 32.1. The van der Waals surface area contributed by atoms with Crippen molar-refractivity contribution < 1.29 is 9.18 Å². The molecule has 0 radical (unpaired) electrons.